The average molecular weight is 421 g/mol. The second-order valence-electron chi connectivity index (χ2n) is 7.39. The van der Waals surface area contributed by atoms with Gasteiger partial charge in [-0.15, -0.1) is 10.2 Å². The molecule has 2 amide bonds. The molecule has 7 nitrogen and oxygen atoms in total. The molecular formula is C23H24FN5O2. The number of methoxy groups -OCH3 is 1. The van der Waals surface area contributed by atoms with Crippen LogP contribution in [0.15, 0.2) is 54.6 Å². The van der Waals surface area contributed by atoms with Crippen LogP contribution in [0.1, 0.15) is 5.56 Å². The molecule has 0 saturated carbocycles. The van der Waals surface area contributed by atoms with Crippen LogP contribution in [0.3, 0.4) is 0 Å². The number of carbonyl (C=O) groups is 1. The number of anilines is 2. The zero-order chi connectivity index (χ0) is 21.8. The number of hydrogen-bond acceptors (Lipinski definition) is 5. The van der Waals surface area contributed by atoms with Gasteiger partial charge in [-0.3, -0.25) is 0 Å². The smallest absolute Gasteiger partial charge is 0.322 e. The van der Waals surface area contributed by atoms with Crippen molar-refractivity contribution in [3.05, 3.63) is 66.0 Å². The number of aromatic nitrogens is 2. The van der Waals surface area contributed by atoms with Gasteiger partial charge in [-0.2, -0.15) is 0 Å². The number of amides is 2. The number of aryl methyl sites for hydroxylation is 1. The first-order valence-corrected chi connectivity index (χ1v) is 10.1. The fourth-order valence-corrected chi connectivity index (χ4v) is 3.52. The van der Waals surface area contributed by atoms with Crippen molar-refractivity contribution in [1.29, 1.82) is 0 Å². The summed E-state index contributed by atoms with van der Waals surface area (Å²) in [6, 6.07) is 15.5. The summed E-state index contributed by atoms with van der Waals surface area (Å²) in [6.07, 6.45) is 0. The number of piperazine rings is 1. The molecule has 0 radical (unpaired) electrons. The van der Waals surface area contributed by atoms with E-state index in [-0.39, 0.29) is 11.8 Å². The summed E-state index contributed by atoms with van der Waals surface area (Å²) in [4.78, 5) is 16.6. The van der Waals surface area contributed by atoms with Crippen molar-refractivity contribution in [2.75, 3.05) is 43.5 Å². The van der Waals surface area contributed by atoms with Crippen LogP contribution in [0.2, 0.25) is 0 Å². The Hall–Kier alpha value is -3.68. The first kappa shape index (κ1) is 20.6. The maximum Gasteiger partial charge on any atom is 0.322 e. The van der Waals surface area contributed by atoms with E-state index >= 15 is 0 Å². The van der Waals surface area contributed by atoms with E-state index in [1.165, 1.54) is 12.1 Å². The number of carbonyl (C=O) groups excluding carboxylic acids is 1. The van der Waals surface area contributed by atoms with Crippen LogP contribution in [0.4, 0.5) is 20.7 Å². The highest BCUT2D eigenvalue weighted by molar-refractivity contribution is 5.91. The molecule has 160 valence electrons. The number of urea groups is 1. The van der Waals surface area contributed by atoms with E-state index in [4.69, 9.17) is 4.74 Å². The third-order valence-corrected chi connectivity index (χ3v) is 5.28. The topological polar surface area (TPSA) is 70.6 Å². The van der Waals surface area contributed by atoms with Crippen molar-refractivity contribution in [2.45, 2.75) is 6.92 Å². The molecule has 0 bridgehead atoms. The van der Waals surface area contributed by atoms with Gasteiger partial charge in [-0.1, -0.05) is 6.07 Å². The number of rotatable bonds is 4. The van der Waals surface area contributed by atoms with E-state index in [0.717, 1.165) is 16.9 Å². The summed E-state index contributed by atoms with van der Waals surface area (Å²) < 4.78 is 18.4. The predicted molar refractivity (Wildman–Crippen MR) is 118 cm³/mol. The number of ether oxygens (including phenoxy) is 1. The van der Waals surface area contributed by atoms with Gasteiger partial charge < -0.3 is 19.9 Å². The predicted octanol–water partition coefficient (Wildman–Crippen LogP) is 3.95. The van der Waals surface area contributed by atoms with E-state index in [1.807, 2.05) is 37.3 Å². The van der Waals surface area contributed by atoms with Crippen LogP contribution in [-0.2, 0) is 0 Å². The molecule has 8 heteroatoms. The second kappa shape index (κ2) is 8.99. The Morgan fingerprint density at radius 2 is 1.74 bits per heavy atom. The Balaban J connectivity index is 1.35. The molecule has 0 spiro atoms. The van der Waals surface area contributed by atoms with Crippen LogP contribution >= 0.6 is 0 Å². The minimum atomic E-state index is -0.281. The zero-order valence-electron chi connectivity index (χ0n) is 17.5. The van der Waals surface area contributed by atoms with Gasteiger partial charge in [-0.05, 0) is 61.0 Å². The normalized spacial score (nSPS) is 13.8. The third-order valence-electron chi connectivity index (χ3n) is 5.28. The SMILES string of the molecule is COc1ccc(C)cc1NC(=O)N1CCN(c2ccc(-c3ccc(F)cc3)nn2)CC1. The molecule has 0 aliphatic carbocycles. The minimum absolute atomic E-state index is 0.152. The van der Waals surface area contributed by atoms with Crippen LogP contribution in [0.5, 0.6) is 5.75 Å². The van der Waals surface area contributed by atoms with Gasteiger partial charge >= 0.3 is 6.03 Å². The number of benzene rings is 2. The number of nitrogens with one attached hydrogen (secondary N) is 1. The summed E-state index contributed by atoms with van der Waals surface area (Å²) >= 11 is 0. The lowest BCUT2D eigenvalue weighted by atomic mass is 10.1. The van der Waals surface area contributed by atoms with E-state index in [0.29, 0.717) is 43.3 Å². The average Bonchev–Trinajstić information content (AvgIpc) is 2.80. The van der Waals surface area contributed by atoms with Crippen LogP contribution in [0, 0.1) is 12.7 Å². The largest absolute Gasteiger partial charge is 0.495 e. The van der Waals surface area contributed by atoms with E-state index < -0.39 is 0 Å². The maximum absolute atomic E-state index is 13.1. The quantitative estimate of drug-likeness (QED) is 0.691. The Kier molecular flexibility index (Phi) is 5.97. The van der Waals surface area contributed by atoms with Crippen molar-refractivity contribution < 1.29 is 13.9 Å². The van der Waals surface area contributed by atoms with Gasteiger partial charge in [0.2, 0.25) is 0 Å². The maximum atomic E-state index is 13.1. The van der Waals surface area contributed by atoms with Crippen LogP contribution in [-0.4, -0.2) is 54.4 Å². The first-order chi connectivity index (χ1) is 15.0. The highest BCUT2D eigenvalue weighted by Crippen LogP contribution is 2.26. The molecule has 1 aliphatic rings. The molecule has 1 saturated heterocycles. The van der Waals surface area contributed by atoms with E-state index in [1.54, 1.807) is 24.1 Å². The molecule has 1 fully saturated rings. The highest BCUT2D eigenvalue weighted by Gasteiger charge is 2.23. The molecule has 2 aromatic carbocycles. The number of halogens is 1. The van der Waals surface area contributed by atoms with Crippen molar-refractivity contribution in [3.8, 4) is 17.0 Å². The summed E-state index contributed by atoms with van der Waals surface area (Å²) in [7, 11) is 1.58. The first-order valence-electron chi connectivity index (χ1n) is 10.1. The molecule has 0 unspecified atom stereocenters. The number of nitrogens with zero attached hydrogens (tertiary/aromatic N) is 4. The fourth-order valence-electron chi connectivity index (χ4n) is 3.52. The number of hydrogen-bond donors (Lipinski definition) is 1. The summed E-state index contributed by atoms with van der Waals surface area (Å²) in [5, 5.41) is 11.5. The molecular weight excluding hydrogens is 397 g/mol. The lowest BCUT2D eigenvalue weighted by Crippen LogP contribution is -2.50. The standard InChI is InChI=1S/C23H24FN5O2/c1-16-3-9-21(31-2)20(15-16)25-23(30)29-13-11-28(12-14-29)22-10-8-19(26-27-22)17-4-6-18(24)7-5-17/h3-10,15H,11-14H2,1-2H3,(H,25,30). The Morgan fingerprint density at radius 1 is 1.00 bits per heavy atom. The van der Waals surface area contributed by atoms with Gasteiger partial charge in [-0.25, -0.2) is 9.18 Å². The van der Waals surface area contributed by atoms with E-state index in [9.17, 15) is 9.18 Å². The van der Waals surface area contributed by atoms with Gasteiger partial charge in [0.1, 0.15) is 11.6 Å². The van der Waals surface area contributed by atoms with Gasteiger partial charge in [0, 0.05) is 31.7 Å². The monoisotopic (exact) mass is 421 g/mol. The van der Waals surface area contributed by atoms with Gasteiger partial charge in [0.15, 0.2) is 5.82 Å². The lowest BCUT2D eigenvalue weighted by Gasteiger charge is -2.35. The minimum Gasteiger partial charge on any atom is -0.495 e. The van der Waals surface area contributed by atoms with Crippen molar-refractivity contribution in [1.82, 2.24) is 15.1 Å². The molecule has 2 heterocycles. The molecule has 1 aromatic heterocycles. The molecule has 1 N–H and O–H groups in total. The van der Waals surface area contributed by atoms with Gasteiger partial charge in [0.05, 0.1) is 18.5 Å². The van der Waals surface area contributed by atoms with Crippen LogP contribution in [0.25, 0.3) is 11.3 Å². The second-order valence-corrected chi connectivity index (χ2v) is 7.39. The van der Waals surface area contributed by atoms with Crippen LogP contribution < -0.4 is 15.0 Å². The highest BCUT2D eigenvalue weighted by atomic mass is 19.1. The Bertz CT molecular complexity index is 1050. The zero-order valence-corrected chi connectivity index (χ0v) is 17.5. The van der Waals surface area contributed by atoms with Crippen molar-refractivity contribution in [2.24, 2.45) is 0 Å². The summed E-state index contributed by atoms with van der Waals surface area (Å²) in [6.45, 7) is 4.42. The molecule has 0 atom stereocenters. The van der Waals surface area contributed by atoms with Gasteiger partial charge in [0.25, 0.3) is 0 Å². The molecule has 3 aromatic rings. The van der Waals surface area contributed by atoms with E-state index in [2.05, 4.69) is 20.4 Å². The molecule has 1 aliphatic heterocycles. The third kappa shape index (κ3) is 4.74. The Morgan fingerprint density at radius 3 is 2.39 bits per heavy atom. The fraction of sp³-hybridized carbons (Fsp3) is 0.261. The molecule has 4 rings (SSSR count). The lowest BCUT2D eigenvalue weighted by molar-refractivity contribution is 0.208. The summed E-state index contributed by atoms with van der Waals surface area (Å²) in [5.74, 6) is 1.11. The summed E-state index contributed by atoms with van der Waals surface area (Å²) in [5.41, 5.74) is 3.21. The Labute approximate surface area is 180 Å². The van der Waals surface area contributed by atoms with Crippen molar-refractivity contribution >= 4 is 17.5 Å². The molecule has 31 heavy (non-hydrogen) atoms. The van der Waals surface area contributed by atoms with Crippen molar-refractivity contribution in [3.63, 3.8) is 0 Å².